The fourth-order valence-electron chi connectivity index (χ4n) is 1.83. The summed E-state index contributed by atoms with van der Waals surface area (Å²) in [5.41, 5.74) is 4.86. The Bertz CT molecular complexity index is 576. The molecule has 0 aliphatic carbocycles. The van der Waals surface area contributed by atoms with Crippen LogP contribution in [0.25, 0.3) is 11.4 Å². The van der Waals surface area contributed by atoms with Crippen LogP contribution in [0.3, 0.4) is 0 Å². The van der Waals surface area contributed by atoms with Crippen LogP contribution < -0.4 is 11.3 Å². The summed E-state index contributed by atoms with van der Waals surface area (Å²) in [6, 6.07) is 6.54. The smallest absolute Gasteiger partial charge is 0.161 e. The Morgan fingerprint density at radius 1 is 1.16 bits per heavy atom. The highest BCUT2D eigenvalue weighted by Crippen LogP contribution is 2.23. The molecule has 0 aliphatic rings. The van der Waals surface area contributed by atoms with E-state index in [4.69, 9.17) is 5.84 Å². The quantitative estimate of drug-likeness (QED) is 0.657. The van der Waals surface area contributed by atoms with E-state index in [0.717, 1.165) is 11.3 Å². The van der Waals surface area contributed by atoms with Gasteiger partial charge in [0.15, 0.2) is 5.82 Å². The van der Waals surface area contributed by atoms with E-state index in [2.05, 4.69) is 15.4 Å². The molecule has 4 nitrogen and oxygen atoms in total. The number of hydrogen-bond donors (Lipinski definition) is 2. The largest absolute Gasteiger partial charge is 0.308 e. The lowest BCUT2D eigenvalue weighted by atomic mass is 10.1. The van der Waals surface area contributed by atoms with Crippen molar-refractivity contribution >= 4 is 5.82 Å². The molecule has 3 N–H and O–H groups in total. The number of nitrogen functional groups attached to an aromatic ring is 1. The maximum absolute atomic E-state index is 13.5. The van der Waals surface area contributed by atoms with Gasteiger partial charge in [0, 0.05) is 17.3 Å². The highest BCUT2D eigenvalue weighted by molar-refractivity contribution is 5.58. The Morgan fingerprint density at radius 2 is 1.89 bits per heavy atom. The zero-order valence-corrected chi connectivity index (χ0v) is 11.2. The van der Waals surface area contributed by atoms with Crippen molar-refractivity contribution in [3.63, 3.8) is 0 Å². The fourth-order valence-corrected chi connectivity index (χ4v) is 1.83. The number of aromatic nitrogens is 2. The summed E-state index contributed by atoms with van der Waals surface area (Å²) in [7, 11) is 0. The van der Waals surface area contributed by atoms with Crippen molar-refractivity contribution < 1.29 is 4.39 Å². The second kappa shape index (κ2) is 5.32. The molecule has 0 atom stereocenters. The van der Waals surface area contributed by atoms with Gasteiger partial charge < -0.3 is 5.43 Å². The zero-order chi connectivity index (χ0) is 14.0. The highest BCUT2D eigenvalue weighted by atomic mass is 19.1. The Kier molecular flexibility index (Phi) is 3.76. The van der Waals surface area contributed by atoms with Gasteiger partial charge in [-0.1, -0.05) is 13.8 Å². The number of hydrazine groups is 1. The molecule has 0 saturated carbocycles. The van der Waals surface area contributed by atoms with Crippen LogP contribution in [-0.4, -0.2) is 9.97 Å². The molecule has 1 aromatic heterocycles. The highest BCUT2D eigenvalue weighted by Gasteiger charge is 2.10. The van der Waals surface area contributed by atoms with E-state index in [1.165, 1.54) is 12.1 Å². The van der Waals surface area contributed by atoms with E-state index in [1.54, 1.807) is 6.07 Å². The topological polar surface area (TPSA) is 63.8 Å². The average molecular weight is 260 g/mol. The predicted molar refractivity (Wildman–Crippen MR) is 74.1 cm³/mol. The van der Waals surface area contributed by atoms with E-state index < -0.39 is 0 Å². The molecule has 19 heavy (non-hydrogen) atoms. The van der Waals surface area contributed by atoms with Crippen molar-refractivity contribution in [3.05, 3.63) is 41.3 Å². The van der Waals surface area contributed by atoms with Gasteiger partial charge in [-0.2, -0.15) is 0 Å². The summed E-state index contributed by atoms with van der Waals surface area (Å²) in [4.78, 5) is 8.73. The number of hydrogen-bond acceptors (Lipinski definition) is 4. The first-order chi connectivity index (χ1) is 8.99. The lowest BCUT2D eigenvalue weighted by Crippen LogP contribution is -2.11. The average Bonchev–Trinajstić information content (AvgIpc) is 2.37. The maximum atomic E-state index is 13.5. The predicted octanol–water partition coefficient (Wildman–Crippen LogP) is 3.00. The van der Waals surface area contributed by atoms with E-state index in [1.807, 2.05) is 26.8 Å². The molecule has 5 heteroatoms. The molecular formula is C14H17FN4. The van der Waals surface area contributed by atoms with Gasteiger partial charge in [-0.05, 0) is 36.6 Å². The molecule has 1 heterocycles. The third-order valence-electron chi connectivity index (χ3n) is 2.79. The number of nitrogens with zero attached hydrogens (tertiary/aromatic N) is 2. The summed E-state index contributed by atoms with van der Waals surface area (Å²) >= 11 is 0. The Morgan fingerprint density at radius 3 is 2.47 bits per heavy atom. The summed E-state index contributed by atoms with van der Waals surface area (Å²) < 4.78 is 13.5. The number of benzene rings is 1. The van der Waals surface area contributed by atoms with Gasteiger partial charge in [0.05, 0.1) is 0 Å². The van der Waals surface area contributed by atoms with E-state index >= 15 is 0 Å². The Balaban J connectivity index is 2.57. The van der Waals surface area contributed by atoms with Gasteiger partial charge in [-0.3, -0.25) is 0 Å². The van der Waals surface area contributed by atoms with Crippen LogP contribution in [0.2, 0.25) is 0 Å². The van der Waals surface area contributed by atoms with Gasteiger partial charge in [-0.25, -0.2) is 20.2 Å². The molecule has 0 bridgehead atoms. The lowest BCUT2D eigenvalue weighted by Gasteiger charge is -2.10. The molecule has 2 aromatic rings. The van der Waals surface area contributed by atoms with Crippen molar-refractivity contribution in [2.75, 3.05) is 5.43 Å². The van der Waals surface area contributed by atoms with Gasteiger partial charge >= 0.3 is 0 Å². The number of anilines is 1. The number of halogens is 1. The third-order valence-corrected chi connectivity index (χ3v) is 2.79. The van der Waals surface area contributed by atoms with Crippen molar-refractivity contribution in [1.82, 2.24) is 9.97 Å². The van der Waals surface area contributed by atoms with Gasteiger partial charge in [0.25, 0.3) is 0 Å². The summed E-state index contributed by atoms with van der Waals surface area (Å²) in [6.45, 7) is 5.90. The van der Waals surface area contributed by atoms with Crippen LogP contribution in [0.4, 0.5) is 10.2 Å². The molecule has 0 spiro atoms. The number of aryl methyl sites for hydroxylation is 1. The second-order valence-corrected chi connectivity index (χ2v) is 4.82. The molecular weight excluding hydrogens is 243 g/mol. The van der Waals surface area contributed by atoms with E-state index in [9.17, 15) is 4.39 Å². The minimum Gasteiger partial charge on any atom is -0.308 e. The van der Waals surface area contributed by atoms with Crippen LogP contribution >= 0.6 is 0 Å². The van der Waals surface area contributed by atoms with Crippen LogP contribution in [0.5, 0.6) is 0 Å². The third kappa shape index (κ3) is 3.06. The molecule has 0 aliphatic heterocycles. The number of nitrogens with one attached hydrogen (secondary N) is 1. The van der Waals surface area contributed by atoms with Crippen LogP contribution in [0.15, 0.2) is 24.3 Å². The van der Waals surface area contributed by atoms with Crippen LogP contribution in [0, 0.1) is 12.7 Å². The SMILES string of the molecule is Cc1cc(F)cc(-c2nc(NN)cc(C(C)C)n2)c1. The molecule has 0 radical (unpaired) electrons. The minimum absolute atomic E-state index is 0.239. The van der Waals surface area contributed by atoms with E-state index in [0.29, 0.717) is 17.2 Å². The summed E-state index contributed by atoms with van der Waals surface area (Å²) in [5, 5.41) is 0. The molecule has 1 aromatic carbocycles. The summed E-state index contributed by atoms with van der Waals surface area (Å²) in [6.07, 6.45) is 0. The monoisotopic (exact) mass is 260 g/mol. The number of rotatable bonds is 3. The van der Waals surface area contributed by atoms with E-state index in [-0.39, 0.29) is 11.7 Å². The Labute approximate surface area is 111 Å². The lowest BCUT2D eigenvalue weighted by molar-refractivity contribution is 0.627. The van der Waals surface area contributed by atoms with Gasteiger partial charge in [-0.15, -0.1) is 0 Å². The van der Waals surface area contributed by atoms with Crippen molar-refractivity contribution in [1.29, 1.82) is 0 Å². The number of nitrogens with two attached hydrogens (primary N) is 1. The van der Waals surface area contributed by atoms with Crippen molar-refractivity contribution in [3.8, 4) is 11.4 Å². The van der Waals surface area contributed by atoms with Crippen LogP contribution in [-0.2, 0) is 0 Å². The van der Waals surface area contributed by atoms with Gasteiger partial charge in [0.1, 0.15) is 11.6 Å². The maximum Gasteiger partial charge on any atom is 0.161 e. The molecule has 0 amide bonds. The van der Waals surface area contributed by atoms with Crippen LogP contribution in [0.1, 0.15) is 31.0 Å². The minimum atomic E-state index is -0.296. The molecule has 2 rings (SSSR count). The molecule has 0 fully saturated rings. The standard InChI is InChI=1S/C14H17FN4/c1-8(2)12-7-13(19-16)18-14(17-12)10-4-9(3)5-11(15)6-10/h4-8H,16H2,1-3H3,(H,17,18,19). The normalized spacial score (nSPS) is 10.8. The molecule has 0 saturated heterocycles. The first kappa shape index (κ1) is 13.4. The molecule has 0 unspecified atom stereocenters. The van der Waals surface area contributed by atoms with Crippen molar-refractivity contribution in [2.45, 2.75) is 26.7 Å². The first-order valence-electron chi connectivity index (χ1n) is 6.12. The fraction of sp³-hybridized carbons (Fsp3) is 0.286. The zero-order valence-electron chi connectivity index (χ0n) is 11.2. The van der Waals surface area contributed by atoms with Gasteiger partial charge in [0.2, 0.25) is 0 Å². The Hall–Kier alpha value is -2.01. The molecule has 100 valence electrons. The second-order valence-electron chi connectivity index (χ2n) is 4.82. The first-order valence-corrected chi connectivity index (χ1v) is 6.12. The van der Waals surface area contributed by atoms with Crippen molar-refractivity contribution in [2.24, 2.45) is 5.84 Å². The summed E-state index contributed by atoms with van der Waals surface area (Å²) in [5.74, 6) is 6.35.